The summed E-state index contributed by atoms with van der Waals surface area (Å²) in [6, 6.07) is 11.6. The van der Waals surface area contributed by atoms with Crippen molar-refractivity contribution in [2.75, 3.05) is 11.9 Å². The van der Waals surface area contributed by atoms with Gasteiger partial charge in [0.05, 0.1) is 11.4 Å². The van der Waals surface area contributed by atoms with Gasteiger partial charge in [0, 0.05) is 6.54 Å². The predicted octanol–water partition coefficient (Wildman–Crippen LogP) is 1.93. The number of alkyl halides is 1. The summed E-state index contributed by atoms with van der Waals surface area (Å²) >= 11 is 3.10. The van der Waals surface area contributed by atoms with Gasteiger partial charge >= 0.3 is 0 Å². The zero-order valence-corrected chi connectivity index (χ0v) is 9.77. The van der Waals surface area contributed by atoms with Crippen LogP contribution in [0.2, 0.25) is 0 Å². The number of hydrogen-bond acceptors (Lipinski definition) is 2. The number of nitrogens with zero attached hydrogens (tertiary/aromatic N) is 2. The van der Waals surface area contributed by atoms with E-state index in [4.69, 9.17) is 5.26 Å². The van der Waals surface area contributed by atoms with Crippen molar-refractivity contribution in [3.05, 3.63) is 35.9 Å². The van der Waals surface area contributed by atoms with Crippen LogP contribution in [0.4, 0.5) is 0 Å². The molecule has 0 aliphatic heterocycles. The Labute approximate surface area is 97.4 Å². The third-order valence-corrected chi connectivity index (χ3v) is 2.42. The van der Waals surface area contributed by atoms with Crippen LogP contribution in [0.15, 0.2) is 30.3 Å². The van der Waals surface area contributed by atoms with Crippen LogP contribution < -0.4 is 0 Å². The van der Waals surface area contributed by atoms with Crippen molar-refractivity contribution in [2.24, 2.45) is 0 Å². The van der Waals surface area contributed by atoms with Crippen molar-refractivity contribution >= 4 is 21.8 Å². The number of carbonyl (C=O) groups excluding carboxylic acids is 1. The van der Waals surface area contributed by atoms with Gasteiger partial charge in [-0.15, -0.1) is 0 Å². The van der Waals surface area contributed by atoms with Crippen molar-refractivity contribution in [3.8, 4) is 6.07 Å². The summed E-state index contributed by atoms with van der Waals surface area (Å²) in [5.41, 5.74) is 1.03. The average Bonchev–Trinajstić information content (AvgIpc) is 2.29. The molecule has 0 heterocycles. The van der Waals surface area contributed by atoms with Crippen molar-refractivity contribution in [1.29, 1.82) is 5.26 Å². The first-order valence-electron chi connectivity index (χ1n) is 4.52. The van der Waals surface area contributed by atoms with E-state index in [0.29, 0.717) is 6.54 Å². The monoisotopic (exact) mass is 266 g/mol. The fourth-order valence-electron chi connectivity index (χ4n) is 1.21. The molecule has 0 aromatic heterocycles. The molecule has 0 bridgehead atoms. The minimum atomic E-state index is -0.0691. The van der Waals surface area contributed by atoms with E-state index in [0.717, 1.165) is 5.56 Å². The maximum absolute atomic E-state index is 11.4. The van der Waals surface area contributed by atoms with Gasteiger partial charge in [-0.05, 0) is 5.56 Å². The Morgan fingerprint density at radius 1 is 1.40 bits per heavy atom. The van der Waals surface area contributed by atoms with E-state index in [2.05, 4.69) is 15.9 Å². The molecular weight excluding hydrogens is 256 g/mol. The molecule has 0 aliphatic carbocycles. The number of amides is 1. The molecular formula is C11H11BrN2O. The van der Waals surface area contributed by atoms with E-state index in [1.165, 1.54) is 4.90 Å². The van der Waals surface area contributed by atoms with Crippen molar-refractivity contribution < 1.29 is 4.79 Å². The highest BCUT2D eigenvalue weighted by Crippen LogP contribution is 2.05. The van der Waals surface area contributed by atoms with Crippen LogP contribution >= 0.6 is 15.9 Å². The first-order chi connectivity index (χ1) is 7.27. The Bertz CT molecular complexity index is 359. The first-order valence-corrected chi connectivity index (χ1v) is 5.64. The Morgan fingerprint density at radius 3 is 2.60 bits per heavy atom. The summed E-state index contributed by atoms with van der Waals surface area (Å²) in [6.07, 6.45) is 0. The summed E-state index contributed by atoms with van der Waals surface area (Å²) < 4.78 is 0. The predicted molar refractivity (Wildman–Crippen MR) is 61.3 cm³/mol. The van der Waals surface area contributed by atoms with E-state index in [1.54, 1.807) is 0 Å². The van der Waals surface area contributed by atoms with Crippen LogP contribution in [0.3, 0.4) is 0 Å². The molecule has 0 radical (unpaired) electrons. The molecule has 78 valence electrons. The molecule has 15 heavy (non-hydrogen) atoms. The molecule has 1 rings (SSSR count). The molecule has 4 heteroatoms. The highest BCUT2D eigenvalue weighted by molar-refractivity contribution is 9.09. The van der Waals surface area contributed by atoms with E-state index in [1.807, 2.05) is 36.4 Å². The second-order valence-corrected chi connectivity index (χ2v) is 3.59. The Hall–Kier alpha value is -1.34. The lowest BCUT2D eigenvalue weighted by Gasteiger charge is -2.18. The Morgan fingerprint density at radius 2 is 2.07 bits per heavy atom. The fourth-order valence-corrected chi connectivity index (χ4v) is 1.56. The third-order valence-electron chi connectivity index (χ3n) is 1.94. The molecule has 0 saturated heterocycles. The molecule has 1 aromatic carbocycles. The van der Waals surface area contributed by atoms with Gasteiger partial charge in [-0.3, -0.25) is 4.79 Å². The van der Waals surface area contributed by atoms with Crippen LogP contribution in [0.1, 0.15) is 5.56 Å². The molecule has 0 fully saturated rings. The summed E-state index contributed by atoms with van der Waals surface area (Å²) in [4.78, 5) is 13.0. The van der Waals surface area contributed by atoms with Gasteiger partial charge in [0.25, 0.3) is 0 Å². The van der Waals surface area contributed by atoms with Crippen LogP contribution in [-0.2, 0) is 11.3 Å². The standard InChI is InChI=1S/C11H11BrN2O/c12-8-11(15)14(7-6-13)9-10-4-2-1-3-5-10/h1-5H,7-9H2. The lowest BCUT2D eigenvalue weighted by atomic mass is 10.2. The zero-order valence-electron chi connectivity index (χ0n) is 8.19. The van der Waals surface area contributed by atoms with E-state index in [-0.39, 0.29) is 17.8 Å². The van der Waals surface area contributed by atoms with E-state index < -0.39 is 0 Å². The summed E-state index contributed by atoms with van der Waals surface area (Å²) in [6.45, 7) is 0.609. The zero-order chi connectivity index (χ0) is 11.1. The lowest BCUT2D eigenvalue weighted by molar-refractivity contribution is -0.128. The fraction of sp³-hybridized carbons (Fsp3) is 0.273. The smallest absolute Gasteiger partial charge is 0.234 e. The number of rotatable bonds is 4. The average molecular weight is 267 g/mol. The second-order valence-electron chi connectivity index (χ2n) is 3.03. The maximum Gasteiger partial charge on any atom is 0.234 e. The van der Waals surface area contributed by atoms with Crippen LogP contribution in [0.5, 0.6) is 0 Å². The largest absolute Gasteiger partial charge is 0.324 e. The van der Waals surface area contributed by atoms with Gasteiger partial charge < -0.3 is 4.90 Å². The van der Waals surface area contributed by atoms with Gasteiger partial charge in [-0.25, -0.2) is 0 Å². The molecule has 0 saturated carbocycles. The van der Waals surface area contributed by atoms with E-state index >= 15 is 0 Å². The molecule has 0 aliphatic rings. The summed E-state index contributed by atoms with van der Waals surface area (Å²) in [5, 5.41) is 8.85. The Kier molecular flexibility index (Phi) is 4.85. The number of hydrogen-bond donors (Lipinski definition) is 0. The first kappa shape index (κ1) is 11.7. The molecule has 1 aromatic rings. The molecule has 0 unspecified atom stereocenters. The number of nitriles is 1. The van der Waals surface area contributed by atoms with Crippen molar-refractivity contribution in [1.82, 2.24) is 4.90 Å². The van der Waals surface area contributed by atoms with Gasteiger partial charge in [-0.2, -0.15) is 5.26 Å². The normalized spacial score (nSPS) is 9.33. The molecule has 0 spiro atoms. The van der Waals surface area contributed by atoms with Crippen LogP contribution in [0.25, 0.3) is 0 Å². The molecule has 3 nitrogen and oxygen atoms in total. The van der Waals surface area contributed by atoms with Gasteiger partial charge in [0.15, 0.2) is 0 Å². The van der Waals surface area contributed by atoms with Gasteiger partial charge in [0.1, 0.15) is 6.54 Å². The van der Waals surface area contributed by atoms with Gasteiger partial charge in [0.2, 0.25) is 5.91 Å². The molecule has 0 N–H and O–H groups in total. The van der Waals surface area contributed by atoms with Gasteiger partial charge in [-0.1, -0.05) is 46.3 Å². The molecule has 0 atom stereocenters. The Balaban J connectivity index is 2.68. The number of benzene rings is 1. The topological polar surface area (TPSA) is 44.1 Å². The minimum absolute atomic E-state index is 0.0691. The third kappa shape index (κ3) is 3.72. The quantitative estimate of drug-likeness (QED) is 0.618. The maximum atomic E-state index is 11.4. The number of halogens is 1. The minimum Gasteiger partial charge on any atom is -0.324 e. The highest BCUT2D eigenvalue weighted by atomic mass is 79.9. The SMILES string of the molecule is N#CCN(Cc1ccccc1)C(=O)CBr. The second kappa shape index (κ2) is 6.20. The van der Waals surface area contributed by atoms with Crippen LogP contribution in [0, 0.1) is 11.3 Å². The van der Waals surface area contributed by atoms with E-state index in [9.17, 15) is 4.79 Å². The number of carbonyl (C=O) groups is 1. The highest BCUT2D eigenvalue weighted by Gasteiger charge is 2.11. The summed E-state index contributed by atoms with van der Waals surface area (Å²) in [7, 11) is 0. The van der Waals surface area contributed by atoms with Crippen molar-refractivity contribution in [3.63, 3.8) is 0 Å². The molecule has 1 amide bonds. The lowest BCUT2D eigenvalue weighted by Crippen LogP contribution is -2.31. The van der Waals surface area contributed by atoms with Crippen LogP contribution in [-0.4, -0.2) is 22.7 Å². The van der Waals surface area contributed by atoms with Crippen molar-refractivity contribution in [2.45, 2.75) is 6.54 Å². The summed E-state index contributed by atoms with van der Waals surface area (Å²) in [5.74, 6) is -0.0691.